The van der Waals surface area contributed by atoms with E-state index in [2.05, 4.69) is 4.98 Å². The molecule has 0 amide bonds. The van der Waals surface area contributed by atoms with Crippen LogP contribution in [0.4, 0.5) is 0 Å². The molecule has 0 bridgehead atoms. The van der Waals surface area contributed by atoms with Crippen molar-refractivity contribution < 1.29 is 9.90 Å². The normalized spacial score (nSPS) is 10.9. The number of nitrogens with zero attached hydrogens (tertiary/aromatic N) is 1. The maximum atomic E-state index is 11.5. The molecule has 3 nitrogen and oxygen atoms in total. The predicted molar refractivity (Wildman–Crippen MR) is 89.2 cm³/mol. The van der Waals surface area contributed by atoms with Gasteiger partial charge in [-0.1, -0.05) is 34.8 Å². The third-order valence-corrected chi connectivity index (χ3v) is 3.99. The van der Waals surface area contributed by atoms with Gasteiger partial charge in [0.25, 0.3) is 0 Å². The van der Waals surface area contributed by atoms with E-state index in [1.165, 1.54) is 6.07 Å². The van der Waals surface area contributed by atoms with Gasteiger partial charge in [-0.05, 0) is 42.5 Å². The van der Waals surface area contributed by atoms with Gasteiger partial charge in [0.1, 0.15) is 0 Å². The van der Waals surface area contributed by atoms with E-state index >= 15 is 0 Å². The number of rotatable bonds is 2. The van der Waals surface area contributed by atoms with Crippen LogP contribution >= 0.6 is 34.8 Å². The van der Waals surface area contributed by atoms with Gasteiger partial charge in [0.05, 0.1) is 21.8 Å². The minimum Gasteiger partial charge on any atom is -0.478 e. The molecule has 0 aliphatic rings. The van der Waals surface area contributed by atoms with Crippen molar-refractivity contribution in [1.29, 1.82) is 0 Å². The number of carboxylic acids is 1. The van der Waals surface area contributed by atoms with Gasteiger partial charge in [-0.15, -0.1) is 0 Å². The van der Waals surface area contributed by atoms with E-state index in [1.54, 1.807) is 36.4 Å². The van der Waals surface area contributed by atoms with Crippen LogP contribution in [0.25, 0.3) is 22.2 Å². The number of pyridine rings is 1. The van der Waals surface area contributed by atoms with Gasteiger partial charge in [-0.3, -0.25) is 0 Å². The lowest BCUT2D eigenvalue weighted by Crippen LogP contribution is -2.00. The average molecular weight is 353 g/mol. The molecule has 0 saturated heterocycles. The van der Waals surface area contributed by atoms with Crippen LogP contribution in [0.1, 0.15) is 10.4 Å². The molecule has 0 fully saturated rings. The second-order valence-electron chi connectivity index (χ2n) is 4.65. The molecule has 1 aromatic heterocycles. The molecule has 22 heavy (non-hydrogen) atoms. The third kappa shape index (κ3) is 2.75. The number of hydrogen-bond acceptors (Lipinski definition) is 2. The monoisotopic (exact) mass is 351 g/mol. The van der Waals surface area contributed by atoms with Gasteiger partial charge >= 0.3 is 5.97 Å². The molecule has 1 N–H and O–H groups in total. The number of benzene rings is 2. The summed E-state index contributed by atoms with van der Waals surface area (Å²) in [6, 6.07) is 11.4. The molecule has 0 unspecified atom stereocenters. The molecular formula is C16H8Cl3NO2. The Morgan fingerprint density at radius 3 is 2.32 bits per heavy atom. The van der Waals surface area contributed by atoms with Gasteiger partial charge in [-0.25, -0.2) is 9.78 Å². The Bertz CT molecular complexity index is 909. The zero-order valence-corrected chi connectivity index (χ0v) is 13.2. The Hall–Kier alpha value is -1.81. The molecule has 1 heterocycles. The van der Waals surface area contributed by atoms with Crippen molar-refractivity contribution in [3.05, 3.63) is 63.1 Å². The molecule has 0 atom stereocenters. The Kier molecular flexibility index (Phi) is 3.96. The van der Waals surface area contributed by atoms with Gasteiger partial charge in [0, 0.05) is 21.0 Å². The fourth-order valence-electron chi connectivity index (χ4n) is 2.21. The first kappa shape index (κ1) is 15.1. The van der Waals surface area contributed by atoms with Gasteiger partial charge in [-0.2, -0.15) is 0 Å². The number of halogens is 3. The zero-order valence-electron chi connectivity index (χ0n) is 11.0. The van der Waals surface area contributed by atoms with Crippen molar-refractivity contribution >= 4 is 51.7 Å². The van der Waals surface area contributed by atoms with Crippen LogP contribution in [-0.4, -0.2) is 16.1 Å². The van der Waals surface area contributed by atoms with Crippen LogP contribution in [0.15, 0.2) is 42.5 Å². The Labute approximate surface area is 141 Å². The van der Waals surface area contributed by atoms with E-state index in [1.807, 2.05) is 0 Å². The quantitative estimate of drug-likeness (QED) is 0.657. The minimum absolute atomic E-state index is 0.119. The van der Waals surface area contributed by atoms with E-state index < -0.39 is 5.97 Å². The van der Waals surface area contributed by atoms with Crippen molar-refractivity contribution in [1.82, 2.24) is 4.98 Å². The molecule has 3 aromatic rings. The number of aromatic nitrogens is 1. The number of aromatic carboxylic acids is 1. The van der Waals surface area contributed by atoms with Crippen molar-refractivity contribution in [2.24, 2.45) is 0 Å². The van der Waals surface area contributed by atoms with E-state index in [0.717, 1.165) is 0 Å². The molecule has 0 aliphatic heterocycles. The average Bonchev–Trinajstić information content (AvgIpc) is 2.46. The first-order valence-electron chi connectivity index (χ1n) is 6.25. The fraction of sp³-hybridized carbons (Fsp3) is 0. The largest absolute Gasteiger partial charge is 0.478 e. The highest BCUT2D eigenvalue weighted by Gasteiger charge is 2.15. The summed E-state index contributed by atoms with van der Waals surface area (Å²) >= 11 is 18.0. The van der Waals surface area contributed by atoms with Crippen molar-refractivity contribution in [2.45, 2.75) is 0 Å². The molecule has 0 spiro atoms. The number of carboxylic acid groups (broad SMARTS) is 1. The predicted octanol–water partition coefficient (Wildman–Crippen LogP) is 5.56. The third-order valence-electron chi connectivity index (χ3n) is 3.21. The Balaban J connectivity index is 2.32. The van der Waals surface area contributed by atoms with Crippen LogP contribution in [-0.2, 0) is 0 Å². The highest BCUT2D eigenvalue weighted by atomic mass is 35.5. The van der Waals surface area contributed by atoms with Gasteiger partial charge in [0.2, 0.25) is 0 Å². The molecule has 110 valence electrons. The van der Waals surface area contributed by atoms with Crippen molar-refractivity contribution in [3.63, 3.8) is 0 Å². The lowest BCUT2D eigenvalue weighted by atomic mass is 10.0. The van der Waals surface area contributed by atoms with Crippen LogP contribution < -0.4 is 0 Å². The highest BCUT2D eigenvalue weighted by molar-refractivity contribution is 6.36. The number of carbonyl (C=O) groups is 1. The summed E-state index contributed by atoms with van der Waals surface area (Å²) in [5.74, 6) is -1.05. The second kappa shape index (κ2) is 5.76. The molecule has 0 radical (unpaired) electrons. The van der Waals surface area contributed by atoms with Crippen LogP contribution in [0.5, 0.6) is 0 Å². The maximum Gasteiger partial charge on any atom is 0.336 e. The minimum atomic E-state index is -1.05. The number of hydrogen-bond donors (Lipinski definition) is 1. The molecule has 3 rings (SSSR count). The van der Waals surface area contributed by atoms with Crippen LogP contribution in [0, 0.1) is 0 Å². The standard InChI is InChI=1S/C16H8Cl3NO2/c17-8-2-4-14-11(5-8)12(16(21)22)7-15(20-14)10-3-1-9(18)6-13(10)19/h1-7H,(H,21,22). The molecule has 6 heteroatoms. The summed E-state index contributed by atoms with van der Waals surface area (Å²) in [6.45, 7) is 0. The molecular weight excluding hydrogens is 345 g/mol. The van der Waals surface area contributed by atoms with E-state index in [4.69, 9.17) is 34.8 Å². The van der Waals surface area contributed by atoms with E-state index in [0.29, 0.717) is 37.2 Å². The zero-order chi connectivity index (χ0) is 15.9. The highest BCUT2D eigenvalue weighted by Crippen LogP contribution is 2.32. The maximum absolute atomic E-state index is 11.5. The summed E-state index contributed by atoms with van der Waals surface area (Å²) in [5.41, 5.74) is 1.73. The van der Waals surface area contributed by atoms with Crippen molar-refractivity contribution in [2.75, 3.05) is 0 Å². The summed E-state index contributed by atoms with van der Waals surface area (Å²) in [6.07, 6.45) is 0. The van der Waals surface area contributed by atoms with Crippen LogP contribution in [0.3, 0.4) is 0 Å². The summed E-state index contributed by atoms with van der Waals surface area (Å²) in [5, 5.41) is 11.3. The van der Waals surface area contributed by atoms with E-state index in [9.17, 15) is 9.90 Å². The van der Waals surface area contributed by atoms with Gasteiger partial charge in [0.15, 0.2) is 0 Å². The molecule has 0 saturated carbocycles. The first-order chi connectivity index (χ1) is 10.5. The van der Waals surface area contributed by atoms with Crippen LogP contribution in [0.2, 0.25) is 15.1 Å². The topological polar surface area (TPSA) is 50.2 Å². The first-order valence-corrected chi connectivity index (χ1v) is 7.38. The van der Waals surface area contributed by atoms with Gasteiger partial charge < -0.3 is 5.11 Å². The lowest BCUT2D eigenvalue weighted by molar-refractivity contribution is 0.0699. The summed E-state index contributed by atoms with van der Waals surface area (Å²) in [7, 11) is 0. The SMILES string of the molecule is O=C(O)c1cc(-c2ccc(Cl)cc2Cl)nc2ccc(Cl)cc12. The van der Waals surface area contributed by atoms with E-state index in [-0.39, 0.29) is 5.56 Å². The Morgan fingerprint density at radius 2 is 1.64 bits per heavy atom. The number of fused-ring (bicyclic) bond motifs is 1. The Morgan fingerprint density at radius 1 is 0.955 bits per heavy atom. The summed E-state index contributed by atoms with van der Waals surface area (Å²) in [4.78, 5) is 16.0. The lowest BCUT2D eigenvalue weighted by Gasteiger charge is -2.09. The summed E-state index contributed by atoms with van der Waals surface area (Å²) < 4.78 is 0. The smallest absolute Gasteiger partial charge is 0.336 e. The fourth-order valence-corrected chi connectivity index (χ4v) is 2.89. The second-order valence-corrected chi connectivity index (χ2v) is 5.93. The van der Waals surface area contributed by atoms with Crippen molar-refractivity contribution in [3.8, 4) is 11.3 Å². The molecule has 2 aromatic carbocycles. The molecule has 0 aliphatic carbocycles.